The van der Waals surface area contributed by atoms with Gasteiger partial charge < -0.3 is 47.4 Å². The zero-order valence-corrected chi connectivity index (χ0v) is 28.6. The Labute approximate surface area is 281 Å². The minimum Gasteiger partial charge on any atom is -0.459 e. The molecule has 8 unspecified atom stereocenters. The van der Waals surface area contributed by atoms with Gasteiger partial charge in [0.1, 0.15) is 13.2 Å². The lowest BCUT2D eigenvalue weighted by atomic mass is 10.3. The molecule has 19 heteroatoms. The summed E-state index contributed by atoms with van der Waals surface area (Å²) in [5.74, 6) is -9.55. The van der Waals surface area contributed by atoms with Crippen LogP contribution in [-0.2, 0) is 90.5 Å². The van der Waals surface area contributed by atoms with Crippen LogP contribution in [0.25, 0.3) is 0 Å². The summed E-state index contributed by atoms with van der Waals surface area (Å²) in [4.78, 5) is 108. The smallest absolute Gasteiger partial charge is 0.347 e. The van der Waals surface area contributed by atoms with Gasteiger partial charge in [-0.2, -0.15) is 0 Å². The second kappa shape index (κ2) is 21.7. The average Bonchev–Trinajstić information content (AvgIpc) is 3.04. The van der Waals surface area contributed by atoms with E-state index in [1.54, 1.807) is 0 Å². The van der Waals surface area contributed by atoms with E-state index in [0.717, 1.165) is 40.7 Å². The summed E-state index contributed by atoms with van der Waals surface area (Å²) in [6, 6.07) is 0. The van der Waals surface area contributed by atoms with E-state index in [1.807, 2.05) is 0 Å². The fourth-order valence-electron chi connectivity index (χ4n) is 2.78. The van der Waals surface area contributed by atoms with Crippen LogP contribution < -0.4 is 0 Å². The van der Waals surface area contributed by atoms with Gasteiger partial charge in [-0.25, -0.2) is 43.2 Å². The summed E-state index contributed by atoms with van der Waals surface area (Å²) >= 11 is 0. The highest BCUT2D eigenvalue weighted by atomic mass is 16.7. The van der Waals surface area contributed by atoms with Gasteiger partial charge in [0.05, 0.1) is 0 Å². The summed E-state index contributed by atoms with van der Waals surface area (Å²) in [6.07, 6.45) is -10.7. The molecule has 0 radical (unpaired) electrons. The first-order chi connectivity index (χ1) is 22.7. The van der Waals surface area contributed by atoms with Crippen molar-refractivity contribution in [3.63, 3.8) is 0 Å². The molecule has 0 aromatic carbocycles. The normalized spacial score (nSPS) is 15.4. The lowest BCUT2D eigenvalue weighted by molar-refractivity contribution is -0.189. The van der Waals surface area contributed by atoms with Crippen molar-refractivity contribution >= 4 is 53.7 Å². The molecule has 19 nitrogen and oxygen atoms in total. The van der Waals surface area contributed by atoms with Crippen molar-refractivity contribution in [1.29, 1.82) is 0 Å². The maximum absolute atomic E-state index is 12.4. The molecule has 0 amide bonds. The number of hydrogen-bond donors (Lipinski definition) is 0. The molecule has 0 fully saturated rings. The number of carbonyl (C=O) groups is 9. The molecule has 0 aromatic rings. The molecule has 0 N–H and O–H groups in total. The van der Waals surface area contributed by atoms with Gasteiger partial charge >= 0.3 is 53.7 Å². The van der Waals surface area contributed by atoms with Gasteiger partial charge in [-0.05, 0) is 55.4 Å². The first-order valence-corrected chi connectivity index (χ1v) is 14.7. The number of hydrogen-bond acceptors (Lipinski definition) is 19. The first-order valence-electron chi connectivity index (χ1n) is 14.7. The molecule has 0 saturated carbocycles. The minimum absolute atomic E-state index is 0.262. The third-order valence-corrected chi connectivity index (χ3v) is 5.80. The van der Waals surface area contributed by atoms with Crippen LogP contribution in [0.1, 0.15) is 55.4 Å². The fraction of sp³-hybridized carbons (Fsp3) is 0.633. The minimum atomic E-state index is -1.61. The zero-order valence-electron chi connectivity index (χ0n) is 28.6. The molecule has 0 aliphatic heterocycles. The van der Waals surface area contributed by atoms with Crippen LogP contribution in [0.5, 0.6) is 0 Å². The van der Waals surface area contributed by atoms with Gasteiger partial charge in [-0.1, -0.05) is 6.58 Å². The molecule has 49 heavy (non-hydrogen) atoms. The van der Waals surface area contributed by atoms with Gasteiger partial charge in [-0.3, -0.25) is 0 Å². The van der Waals surface area contributed by atoms with E-state index in [2.05, 4.69) is 11.3 Å². The second-order valence-electron chi connectivity index (χ2n) is 9.97. The van der Waals surface area contributed by atoms with E-state index >= 15 is 0 Å². The molecule has 0 aliphatic rings. The van der Waals surface area contributed by atoms with Gasteiger partial charge in [-0.15, -0.1) is 0 Å². The van der Waals surface area contributed by atoms with E-state index in [4.69, 9.17) is 42.6 Å². The molecule has 8 atom stereocenters. The van der Waals surface area contributed by atoms with Gasteiger partial charge in [0, 0.05) is 13.2 Å². The van der Waals surface area contributed by atoms with Crippen LogP contribution in [0.3, 0.4) is 0 Å². The fourth-order valence-corrected chi connectivity index (χ4v) is 2.78. The number of carbonyl (C=O) groups excluding carboxylic acids is 9. The highest BCUT2D eigenvalue weighted by Crippen LogP contribution is 2.10. The van der Waals surface area contributed by atoms with Crippen molar-refractivity contribution in [1.82, 2.24) is 0 Å². The molecule has 0 aliphatic carbocycles. The maximum Gasteiger partial charge on any atom is 0.347 e. The molecular weight excluding hydrogens is 664 g/mol. The predicted octanol–water partition coefficient (Wildman–Crippen LogP) is -0.184. The summed E-state index contributed by atoms with van der Waals surface area (Å²) in [7, 11) is 1.26. The van der Waals surface area contributed by atoms with Crippen molar-refractivity contribution in [3.8, 4) is 0 Å². The monoisotopic (exact) mass is 706 g/mol. The summed E-state index contributed by atoms with van der Waals surface area (Å²) in [5.41, 5.74) is 0. The van der Waals surface area contributed by atoms with Crippen LogP contribution in [0.15, 0.2) is 12.7 Å². The Morgan fingerprint density at radius 1 is 0.408 bits per heavy atom. The van der Waals surface area contributed by atoms with Crippen molar-refractivity contribution in [2.45, 2.75) is 104 Å². The van der Waals surface area contributed by atoms with Crippen molar-refractivity contribution in [3.05, 3.63) is 12.7 Å². The Kier molecular flexibility index (Phi) is 19.5. The highest BCUT2D eigenvalue weighted by Gasteiger charge is 2.33. The van der Waals surface area contributed by atoms with Crippen LogP contribution in [0.2, 0.25) is 0 Å². The molecule has 0 heterocycles. The predicted molar refractivity (Wildman–Crippen MR) is 157 cm³/mol. The standard InChI is InChI=1S/C30H42O19/c1-11-22(31)41-12-13-42-23(32)15(3)43-25(34)17(5)45-27(36)19(7)47-29(38)21(9)49-30(39)20(8)48-28(37)18(6)46-26(35)16(4)44-24(33)14(2)40-10/h11,14-21H,1,12-13H2,2-10H3. The van der Waals surface area contributed by atoms with Crippen molar-refractivity contribution < 1.29 is 90.5 Å². The lowest BCUT2D eigenvalue weighted by Gasteiger charge is -2.21. The molecular formula is C30H42O19. The third kappa shape index (κ3) is 16.5. The SMILES string of the molecule is C=CC(=O)OCCOC(=O)C(C)OC(=O)C(C)OC(=O)C(C)OC(=O)C(C)OC(=O)C(C)OC(=O)C(C)OC(=O)C(C)OC(=O)C(C)OC. The maximum atomic E-state index is 12.4. The Bertz CT molecular complexity index is 1230. The van der Waals surface area contributed by atoms with Crippen LogP contribution >= 0.6 is 0 Å². The van der Waals surface area contributed by atoms with E-state index in [0.29, 0.717) is 0 Å². The third-order valence-electron chi connectivity index (χ3n) is 5.80. The summed E-state index contributed by atoms with van der Waals surface area (Å²) in [6.45, 7) is 11.9. The van der Waals surface area contributed by atoms with Gasteiger partial charge in [0.15, 0.2) is 48.8 Å². The quantitative estimate of drug-likeness (QED) is 0.0689. The van der Waals surface area contributed by atoms with Crippen LogP contribution in [-0.4, -0.2) is 123 Å². The first kappa shape index (κ1) is 43.9. The molecule has 0 rings (SSSR count). The number of ether oxygens (including phenoxy) is 10. The number of rotatable bonds is 20. The Balaban J connectivity index is 4.75. The van der Waals surface area contributed by atoms with Crippen LogP contribution in [0.4, 0.5) is 0 Å². The Morgan fingerprint density at radius 3 is 0.878 bits per heavy atom. The van der Waals surface area contributed by atoms with Crippen molar-refractivity contribution in [2.24, 2.45) is 0 Å². The lowest BCUT2D eigenvalue weighted by Crippen LogP contribution is -2.39. The zero-order chi connectivity index (χ0) is 38.0. The van der Waals surface area contributed by atoms with Gasteiger partial charge in [0.25, 0.3) is 0 Å². The number of esters is 9. The Hall–Kier alpha value is -5.07. The molecule has 0 saturated heterocycles. The largest absolute Gasteiger partial charge is 0.459 e. The Morgan fingerprint density at radius 2 is 0.633 bits per heavy atom. The van der Waals surface area contributed by atoms with E-state index < -0.39 is 103 Å². The summed E-state index contributed by atoms with van der Waals surface area (Å²) in [5, 5.41) is 0. The number of methoxy groups -OCH3 is 1. The molecule has 276 valence electrons. The van der Waals surface area contributed by atoms with Crippen LogP contribution in [0, 0.1) is 0 Å². The second-order valence-corrected chi connectivity index (χ2v) is 9.97. The van der Waals surface area contributed by atoms with Gasteiger partial charge in [0.2, 0.25) is 0 Å². The highest BCUT2D eigenvalue weighted by molar-refractivity contribution is 5.87. The van der Waals surface area contributed by atoms with Crippen molar-refractivity contribution in [2.75, 3.05) is 20.3 Å². The topological polar surface area (TPSA) is 246 Å². The van der Waals surface area contributed by atoms with E-state index in [9.17, 15) is 43.2 Å². The van der Waals surface area contributed by atoms with E-state index in [1.165, 1.54) is 27.9 Å². The molecule has 0 aromatic heterocycles. The average molecular weight is 707 g/mol. The van der Waals surface area contributed by atoms with E-state index in [-0.39, 0.29) is 13.2 Å². The molecule has 0 bridgehead atoms. The summed E-state index contributed by atoms with van der Waals surface area (Å²) < 4.78 is 48.4. The molecule has 0 spiro atoms.